The number of aliphatic carboxylic acids is 1. The molecule has 0 aromatic carbocycles. The maximum Gasteiger partial charge on any atom is 0.315 e. The minimum Gasteiger partial charge on any atom is -0.481 e. The highest BCUT2D eigenvalue weighted by Gasteiger charge is 2.34. The summed E-state index contributed by atoms with van der Waals surface area (Å²) < 4.78 is 5.01. The Kier molecular flexibility index (Phi) is 5.19. The maximum atomic E-state index is 11.8. The minimum atomic E-state index is -0.935. The van der Waals surface area contributed by atoms with E-state index < -0.39 is 12.1 Å². The number of urea groups is 1. The highest BCUT2D eigenvalue weighted by atomic mass is 16.5. The summed E-state index contributed by atoms with van der Waals surface area (Å²) in [5.74, 6) is -0.935. The van der Waals surface area contributed by atoms with Gasteiger partial charge in [0, 0.05) is 38.8 Å². The fourth-order valence-corrected chi connectivity index (χ4v) is 2.55. The van der Waals surface area contributed by atoms with E-state index in [1.54, 1.807) is 0 Å². The second kappa shape index (κ2) is 6.90. The summed E-state index contributed by atoms with van der Waals surface area (Å²) in [6.45, 7) is 2.17. The van der Waals surface area contributed by atoms with Gasteiger partial charge in [-0.3, -0.25) is 9.69 Å². The van der Waals surface area contributed by atoms with Crippen molar-refractivity contribution in [1.29, 1.82) is 0 Å². The second-order valence-electron chi connectivity index (χ2n) is 5.52. The van der Waals surface area contributed by atoms with Crippen molar-refractivity contribution in [2.45, 2.75) is 43.9 Å². The van der Waals surface area contributed by atoms with Crippen LogP contribution in [-0.2, 0) is 9.53 Å². The van der Waals surface area contributed by atoms with Crippen LogP contribution in [0.1, 0.15) is 25.7 Å². The van der Waals surface area contributed by atoms with Gasteiger partial charge < -0.3 is 20.5 Å². The van der Waals surface area contributed by atoms with Gasteiger partial charge in [-0.15, -0.1) is 0 Å². The van der Waals surface area contributed by atoms with Gasteiger partial charge in [-0.05, 0) is 19.3 Å². The SMILES string of the molecule is COC(CNC(=O)NC1CCN(C2CC2)C1)CC(=O)O. The van der Waals surface area contributed by atoms with E-state index in [-0.39, 0.29) is 25.0 Å². The molecule has 1 saturated carbocycles. The predicted octanol–water partition coefficient (Wildman–Crippen LogP) is 0.0120. The third-order valence-corrected chi connectivity index (χ3v) is 3.84. The lowest BCUT2D eigenvalue weighted by atomic mass is 10.2. The number of carboxylic acids is 1. The van der Waals surface area contributed by atoms with Crippen LogP contribution in [0, 0.1) is 0 Å². The van der Waals surface area contributed by atoms with Gasteiger partial charge in [0.15, 0.2) is 0 Å². The van der Waals surface area contributed by atoms with E-state index in [2.05, 4.69) is 15.5 Å². The molecule has 2 unspecified atom stereocenters. The van der Waals surface area contributed by atoms with Gasteiger partial charge in [-0.25, -0.2) is 4.79 Å². The average molecular weight is 285 g/mol. The van der Waals surface area contributed by atoms with Gasteiger partial charge in [0.1, 0.15) is 0 Å². The molecule has 20 heavy (non-hydrogen) atoms. The molecule has 2 aliphatic rings. The average Bonchev–Trinajstić information content (AvgIpc) is 3.15. The molecule has 7 heteroatoms. The number of hydrogen-bond acceptors (Lipinski definition) is 4. The van der Waals surface area contributed by atoms with E-state index in [9.17, 15) is 9.59 Å². The van der Waals surface area contributed by atoms with Crippen molar-refractivity contribution in [3.05, 3.63) is 0 Å². The summed E-state index contributed by atoms with van der Waals surface area (Å²) in [5.41, 5.74) is 0. The first-order chi connectivity index (χ1) is 9.58. The van der Waals surface area contributed by atoms with Crippen LogP contribution in [-0.4, -0.2) is 66.9 Å². The molecule has 0 aromatic heterocycles. The highest BCUT2D eigenvalue weighted by molar-refractivity contribution is 5.74. The number of amides is 2. The maximum absolute atomic E-state index is 11.8. The number of likely N-dealkylation sites (tertiary alicyclic amines) is 1. The van der Waals surface area contributed by atoms with E-state index in [0.29, 0.717) is 0 Å². The number of ether oxygens (including phenoxy) is 1. The van der Waals surface area contributed by atoms with Crippen molar-refractivity contribution in [1.82, 2.24) is 15.5 Å². The largest absolute Gasteiger partial charge is 0.481 e. The van der Waals surface area contributed by atoms with E-state index in [1.807, 2.05) is 0 Å². The molecule has 3 N–H and O–H groups in total. The Bertz CT molecular complexity index is 360. The Morgan fingerprint density at radius 2 is 2.15 bits per heavy atom. The third kappa shape index (κ3) is 4.64. The van der Waals surface area contributed by atoms with Crippen LogP contribution in [0.3, 0.4) is 0 Å². The Balaban J connectivity index is 1.63. The van der Waals surface area contributed by atoms with Crippen LogP contribution in [0.15, 0.2) is 0 Å². The van der Waals surface area contributed by atoms with Crippen LogP contribution in [0.25, 0.3) is 0 Å². The first kappa shape index (κ1) is 15.1. The number of carbonyl (C=O) groups is 2. The van der Waals surface area contributed by atoms with Gasteiger partial charge in [0.05, 0.1) is 12.5 Å². The summed E-state index contributed by atoms with van der Waals surface area (Å²) >= 11 is 0. The number of carboxylic acid groups (broad SMARTS) is 1. The molecule has 0 spiro atoms. The molecule has 2 fully saturated rings. The van der Waals surface area contributed by atoms with Crippen LogP contribution in [0.5, 0.6) is 0 Å². The zero-order valence-electron chi connectivity index (χ0n) is 11.8. The fraction of sp³-hybridized carbons (Fsp3) is 0.846. The minimum absolute atomic E-state index is 0.115. The summed E-state index contributed by atoms with van der Waals surface area (Å²) in [7, 11) is 1.44. The van der Waals surface area contributed by atoms with Crippen molar-refractivity contribution in [2.75, 3.05) is 26.7 Å². The van der Waals surface area contributed by atoms with Crippen molar-refractivity contribution in [3.8, 4) is 0 Å². The molecule has 114 valence electrons. The predicted molar refractivity (Wildman–Crippen MR) is 72.6 cm³/mol. The molecule has 2 amide bonds. The van der Waals surface area contributed by atoms with Crippen LogP contribution in [0.4, 0.5) is 4.79 Å². The fourth-order valence-electron chi connectivity index (χ4n) is 2.55. The van der Waals surface area contributed by atoms with Crippen LogP contribution >= 0.6 is 0 Å². The molecule has 0 aromatic rings. The summed E-state index contributed by atoms with van der Waals surface area (Å²) in [5, 5.41) is 14.3. The second-order valence-corrected chi connectivity index (χ2v) is 5.52. The van der Waals surface area contributed by atoms with Gasteiger partial charge in [-0.1, -0.05) is 0 Å². The summed E-state index contributed by atoms with van der Waals surface area (Å²) in [4.78, 5) is 24.8. The first-order valence-corrected chi connectivity index (χ1v) is 7.11. The number of hydrogen-bond donors (Lipinski definition) is 3. The number of rotatable bonds is 7. The third-order valence-electron chi connectivity index (χ3n) is 3.84. The molecular formula is C13H23N3O4. The lowest BCUT2D eigenvalue weighted by Gasteiger charge is -2.18. The van der Waals surface area contributed by atoms with Crippen molar-refractivity contribution < 1.29 is 19.4 Å². The molecule has 1 aliphatic carbocycles. The Labute approximate surface area is 118 Å². The molecule has 2 atom stereocenters. The molecule has 1 aliphatic heterocycles. The zero-order valence-corrected chi connectivity index (χ0v) is 11.8. The molecular weight excluding hydrogens is 262 g/mol. The Hall–Kier alpha value is -1.34. The van der Waals surface area contributed by atoms with Crippen molar-refractivity contribution in [3.63, 3.8) is 0 Å². The zero-order chi connectivity index (χ0) is 14.5. The van der Waals surface area contributed by atoms with Gasteiger partial charge in [0.2, 0.25) is 0 Å². The standard InChI is InChI=1S/C13H23N3O4/c1-20-11(6-12(17)18)7-14-13(19)15-9-4-5-16(8-9)10-2-3-10/h9-11H,2-8H2,1H3,(H,17,18)(H2,14,15,19). The molecule has 0 bridgehead atoms. The molecule has 2 rings (SSSR count). The van der Waals surface area contributed by atoms with Crippen molar-refractivity contribution in [2.24, 2.45) is 0 Å². The highest BCUT2D eigenvalue weighted by Crippen LogP contribution is 2.29. The number of methoxy groups -OCH3 is 1. The van der Waals surface area contributed by atoms with E-state index in [0.717, 1.165) is 25.6 Å². The van der Waals surface area contributed by atoms with E-state index in [1.165, 1.54) is 20.0 Å². The molecule has 7 nitrogen and oxygen atoms in total. The summed E-state index contributed by atoms with van der Waals surface area (Å²) in [6.07, 6.45) is 2.93. The van der Waals surface area contributed by atoms with Crippen LogP contribution < -0.4 is 10.6 Å². The van der Waals surface area contributed by atoms with Crippen molar-refractivity contribution >= 4 is 12.0 Å². The quantitative estimate of drug-likeness (QED) is 0.613. The molecule has 1 saturated heterocycles. The number of carbonyl (C=O) groups excluding carboxylic acids is 1. The Morgan fingerprint density at radius 3 is 2.75 bits per heavy atom. The smallest absolute Gasteiger partial charge is 0.315 e. The summed E-state index contributed by atoms with van der Waals surface area (Å²) in [6, 6.07) is 0.675. The topological polar surface area (TPSA) is 90.9 Å². The molecule has 0 radical (unpaired) electrons. The van der Waals surface area contributed by atoms with Gasteiger partial charge in [0.25, 0.3) is 0 Å². The number of nitrogens with zero attached hydrogens (tertiary/aromatic N) is 1. The number of nitrogens with one attached hydrogen (secondary N) is 2. The monoisotopic (exact) mass is 285 g/mol. The van der Waals surface area contributed by atoms with E-state index >= 15 is 0 Å². The first-order valence-electron chi connectivity index (χ1n) is 7.11. The molecule has 1 heterocycles. The van der Waals surface area contributed by atoms with Gasteiger partial charge >= 0.3 is 12.0 Å². The van der Waals surface area contributed by atoms with Crippen LogP contribution in [0.2, 0.25) is 0 Å². The van der Waals surface area contributed by atoms with E-state index in [4.69, 9.17) is 9.84 Å². The van der Waals surface area contributed by atoms with Gasteiger partial charge in [-0.2, -0.15) is 0 Å². The normalized spacial score (nSPS) is 24.4. The lowest BCUT2D eigenvalue weighted by molar-refractivity contribution is -0.139. The lowest BCUT2D eigenvalue weighted by Crippen LogP contribution is -2.46. The Morgan fingerprint density at radius 1 is 1.40 bits per heavy atom.